The van der Waals surface area contributed by atoms with Crippen molar-refractivity contribution in [3.05, 3.63) is 104 Å². The molecule has 0 unspecified atom stereocenters. The van der Waals surface area contributed by atoms with Crippen molar-refractivity contribution in [3.8, 4) is 0 Å². The van der Waals surface area contributed by atoms with E-state index in [0.717, 1.165) is 32.1 Å². The molecule has 1 aromatic heterocycles. The van der Waals surface area contributed by atoms with Crippen LogP contribution in [-0.2, 0) is 17.8 Å². The van der Waals surface area contributed by atoms with Crippen LogP contribution in [0.15, 0.2) is 82.5 Å². The van der Waals surface area contributed by atoms with Crippen molar-refractivity contribution in [2.75, 3.05) is 0 Å². The van der Waals surface area contributed by atoms with Gasteiger partial charge in [-0.2, -0.15) is 5.10 Å². The third-order valence-electron chi connectivity index (χ3n) is 4.83. The number of hydrogen-bond donors (Lipinski definition) is 1. The molecule has 0 fully saturated rings. The molecule has 0 radical (unpaired) electrons. The van der Waals surface area contributed by atoms with Gasteiger partial charge in [-0.1, -0.05) is 75.5 Å². The Kier molecular flexibility index (Phi) is 6.76. The summed E-state index contributed by atoms with van der Waals surface area (Å²) in [6, 6.07) is 21.3. The molecular formula is C24H18BrCl2N3O. The molecular weight excluding hydrogens is 497 g/mol. The van der Waals surface area contributed by atoms with E-state index in [-0.39, 0.29) is 12.3 Å². The van der Waals surface area contributed by atoms with Crippen LogP contribution in [0.25, 0.3) is 10.9 Å². The Morgan fingerprint density at radius 2 is 1.74 bits per heavy atom. The van der Waals surface area contributed by atoms with Crippen LogP contribution >= 0.6 is 39.1 Å². The predicted molar refractivity (Wildman–Crippen MR) is 131 cm³/mol. The van der Waals surface area contributed by atoms with Crippen LogP contribution in [0.1, 0.15) is 16.7 Å². The molecule has 4 nitrogen and oxygen atoms in total. The predicted octanol–water partition coefficient (Wildman–Crippen LogP) is 6.45. The van der Waals surface area contributed by atoms with E-state index in [4.69, 9.17) is 23.2 Å². The lowest BCUT2D eigenvalue weighted by Gasteiger charge is -2.06. The fraction of sp³-hybridized carbons (Fsp3) is 0.0833. The molecule has 0 bridgehead atoms. The van der Waals surface area contributed by atoms with E-state index < -0.39 is 0 Å². The van der Waals surface area contributed by atoms with Crippen LogP contribution in [0.5, 0.6) is 0 Å². The molecule has 1 amide bonds. The second-order valence-electron chi connectivity index (χ2n) is 7.07. The molecule has 156 valence electrons. The monoisotopic (exact) mass is 513 g/mol. The number of rotatable bonds is 6. The Hall–Kier alpha value is -2.60. The number of halogens is 3. The molecule has 0 saturated heterocycles. The second kappa shape index (κ2) is 9.69. The van der Waals surface area contributed by atoms with Gasteiger partial charge in [-0.05, 0) is 41.5 Å². The van der Waals surface area contributed by atoms with Gasteiger partial charge in [-0.3, -0.25) is 4.79 Å². The first-order valence-electron chi connectivity index (χ1n) is 9.58. The smallest absolute Gasteiger partial charge is 0.244 e. The van der Waals surface area contributed by atoms with Gasteiger partial charge in [0.15, 0.2) is 0 Å². The van der Waals surface area contributed by atoms with Crippen molar-refractivity contribution in [1.82, 2.24) is 9.99 Å². The summed E-state index contributed by atoms with van der Waals surface area (Å²) < 4.78 is 3.10. The van der Waals surface area contributed by atoms with Crippen LogP contribution in [0.4, 0.5) is 0 Å². The number of nitrogens with zero attached hydrogens (tertiary/aromatic N) is 2. The first kappa shape index (κ1) is 21.6. The van der Waals surface area contributed by atoms with Crippen molar-refractivity contribution >= 4 is 62.2 Å². The number of carbonyl (C=O) groups is 1. The molecule has 0 spiro atoms. The van der Waals surface area contributed by atoms with E-state index >= 15 is 0 Å². The van der Waals surface area contributed by atoms with E-state index in [1.54, 1.807) is 12.3 Å². The number of hydrogen-bond acceptors (Lipinski definition) is 2. The van der Waals surface area contributed by atoms with Gasteiger partial charge in [0.2, 0.25) is 5.91 Å². The summed E-state index contributed by atoms with van der Waals surface area (Å²) in [5, 5.41) is 6.29. The van der Waals surface area contributed by atoms with E-state index in [2.05, 4.69) is 37.1 Å². The highest BCUT2D eigenvalue weighted by Gasteiger charge is 2.09. The van der Waals surface area contributed by atoms with Gasteiger partial charge in [0.25, 0.3) is 0 Å². The molecule has 4 aromatic rings. The highest BCUT2D eigenvalue weighted by Crippen LogP contribution is 2.25. The topological polar surface area (TPSA) is 46.4 Å². The summed E-state index contributed by atoms with van der Waals surface area (Å²) in [6.07, 6.45) is 3.95. The summed E-state index contributed by atoms with van der Waals surface area (Å²) in [5.41, 5.74) is 6.56. The Morgan fingerprint density at radius 3 is 2.52 bits per heavy atom. The van der Waals surface area contributed by atoms with Crippen LogP contribution in [0.2, 0.25) is 10.0 Å². The zero-order chi connectivity index (χ0) is 21.8. The van der Waals surface area contributed by atoms with E-state index in [0.29, 0.717) is 16.6 Å². The lowest BCUT2D eigenvalue weighted by atomic mass is 10.1. The van der Waals surface area contributed by atoms with Gasteiger partial charge in [-0.15, -0.1) is 0 Å². The van der Waals surface area contributed by atoms with Gasteiger partial charge in [0.05, 0.1) is 22.7 Å². The third kappa shape index (κ3) is 5.37. The van der Waals surface area contributed by atoms with Crippen LogP contribution in [-0.4, -0.2) is 16.7 Å². The number of para-hydroxylation sites is 1. The highest BCUT2D eigenvalue weighted by atomic mass is 79.9. The standard InChI is InChI=1S/C24H18BrCl2N3O/c25-19-8-5-16(6-9-19)12-24(31)29-28-13-18-15-30(23-4-2-1-3-20(18)23)14-17-7-10-21(26)22(27)11-17/h1-11,13,15H,12,14H2,(H,29,31)/b28-13+. The maximum absolute atomic E-state index is 12.2. The van der Waals surface area contributed by atoms with Crippen molar-refractivity contribution in [2.24, 2.45) is 5.10 Å². The summed E-state index contributed by atoms with van der Waals surface area (Å²) >= 11 is 15.6. The van der Waals surface area contributed by atoms with Gasteiger partial charge in [0, 0.05) is 33.7 Å². The van der Waals surface area contributed by atoms with Gasteiger partial charge < -0.3 is 4.57 Å². The number of amides is 1. The van der Waals surface area contributed by atoms with Crippen LogP contribution in [0.3, 0.4) is 0 Å². The summed E-state index contributed by atoms with van der Waals surface area (Å²) in [6.45, 7) is 0.640. The first-order chi connectivity index (χ1) is 15.0. The summed E-state index contributed by atoms with van der Waals surface area (Å²) in [5.74, 6) is -0.168. The minimum absolute atomic E-state index is 0.168. The highest BCUT2D eigenvalue weighted by molar-refractivity contribution is 9.10. The average molecular weight is 515 g/mol. The quantitative estimate of drug-likeness (QED) is 0.233. The molecule has 0 atom stereocenters. The van der Waals surface area contributed by atoms with E-state index in [1.165, 1.54) is 0 Å². The summed E-state index contributed by atoms with van der Waals surface area (Å²) in [7, 11) is 0. The molecule has 4 rings (SSSR count). The van der Waals surface area contributed by atoms with Gasteiger partial charge in [-0.25, -0.2) is 5.43 Å². The molecule has 3 aromatic carbocycles. The molecule has 0 aliphatic heterocycles. The first-order valence-corrected chi connectivity index (χ1v) is 11.1. The molecule has 31 heavy (non-hydrogen) atoms. The Morgan fingerprint density at radius 1 is 1.00 bits per heavy atom. The van der Waals surface area contributed by atoms with Crippen LogP contribution in [0, 0.1) is 0 Å². The fourth-order valence-electron chi connectivity index (χ4n) is 3.34. The maximum Gasteiger partial charge on any atom is 0.244 e. The van der Waals surface area contributed by atoms with E-state index in [1.807, 2.05) is 60.8 Å². The Bertz CT molecular complexity index is 1270. The average Bonchev–Trinajstić information content (AvgIpc) is 3.10. The second-order valence-corrected chi connectivity index (χ2v) is 8.80. The minimum atomic E-state index is -0.168. The number of fused-ring (bicyclic) bond motifs is 1. The van der Waals surface area contributed by atoms with Crippen molar-refractivity contribution in [3.63, 3.8) is 0 Å². The molecule has 0 saturated carbocycles. The third-order valence-corrected chi connectivity index (χ3v) is 6.09. The molecule has 1 heterocycles. The number of nitrogens with one attached hydrogen (secondary N) is 1. The van der Waals surface area contributed by atoms with E-state index in [9.17, 15) is 4.79 Å². The lowest BCUT2D eigenvalue weighted by Crippen LogP contribution is -2.19. The van der Waals surface area contributed by atoms with Crippen molar-refractivity contribution in [1.29, 1.82) is 0 Å². The van der Waals surface area contributed by atoms with Crippen molar-refractivity contribution in [2.45, 2.75) is 13.0 Å². The Balaban J connectivity index is 1.50. The maximum atomic E-state index is 12.2. The molecule has 0 aliphatic carbocycles. The normalized spacial score (nSPS) is 11.3. The zero-order valence-electron chi connectivity index (χ0n) is 16.4. The molecule has 7 heteroatoms. The number of hydrazone groups is 1. The Labute approximate surface area is 198 Å². The fourth-order valence-corrected chi connectivity index (χ4v) is 3.93. The number of carbonyl (C=O) groups excluding carboxylic acids is 1. The molecule has 0 aliphatic rings. The zero-order valence-corrected chi connectivity index (χ0v) is 19.5. The minimum Gasteiger partial charge on any atom is -0.342 e. The summed E-state index contributed by atoms with van der Waals surface area (Å²) in [4.78, 5) is 12.2. The van der Waals surface area contributed by atoms with Crippen molar-refractivity contribution < 1.29 is 4.79 Å². The largest absolute Gasteiger partial charge is 0.342 e. The number of benzene rings is 3. The number of aromatic nitrogens is 1. The van der Waals surface area contributed by atoms with Gasteiger partial charge >= 0.3 is 0 Å². The van der Waals surface area contributed by atoms with Crippen LogP contribution < -0.4 is 5.43 Å². The van der Waals surface area contributed by atoms with Gasteiger partial charge in [0.1, 0.15) is 0 Å². The lowest BCUT2D eigenvalue weighted by molar-refractivity contribution is -0.120. The SMILES string of the molecule is O=C(Cc1ccc(Br)cc1)N/N=C/c1cn(Cc2ccc(Cl)c(Cl)c2)c2ccccc12. The molecule has 1 N–H and O–H groups in total.